The monoisotopic (exact) mass is 196 g/mol. The van der Waals surface area contributed by atoms with Crippen molar-refractivity contribution in [1.29, 1.82) is 0 Å². The molecule has 0 rings (SSSR count). The van der Waals surface area contributed by atoms with Crippen molar-refractivity contribution in [1.82, 2.24) is 0 Å². The summed E-state index contributed by atoms with van der Waals surface area (Å²) in [6, 6.07) is 0. The Hall–Kier alpha value is 0.400. The van der Waals surface area contributed by atoms with Crippen LogP contribution >= 0.6 is 15.9 Å². The molecule has 0 radical (unpaired) electrons. The Kier molecular flexibility index (Phi) is 4.44. The Bertz CT molecular complexity index is 65.5. The lowest BCUT2D eigenvalue weighted by Gasteiger charge is -2.19. The van der Waals surface area contributed by atoms with Gasteiger partial charge in [0.25, 0.3) is 0 Å². The molecule has 0 unspecified atom stereocenters. The van der Waals surface area contributed by atoms with Crippen molar-refractivity contribution >= 4 is 15.9 Å². The van der Waals surface area contributed by atoms with Crippen molar-refractivity contribution in [3.05, 3.63) is 0 Å². The molecule has 0 saturated heterocycles. The van der Waals surface area contributed by atoms with Gasteiger partial charge in [0.05, 0.1) is 17.5 Å². The van der Waals surface area contributed by atoms with Crippen LogP contribution in [0.2, 0.25) is 0 Å². The molecule has 0 heterocycles. The first kappa shape index (κ1) is 9.40. The molecule has 56 valence electrons. The summed E-state index contributed by atoms with van der Waals surface area (Å²) >= 11 is 3.45. The third kappa shape index (κ3) is 4.88. The Morgan fingerprint density at radius 1 is 1.22 bits per heavy atom. The van der Waals surface area contributed by atoms with Crippen molar-refractivity contribution in [3.8, 4) is 0 Å². The Labute approximate surface area is 64.7 Å². The maximum atomic E-state index is 4.93. The minimum atomic E-state index is -0.0312. The lowest BCUT2D eigenvalue weighted by molar-refractivity contribution is 0.113. The lowest BCUT2D eigenvalue weighted by atomic mass is 10.2. The van der Waals surface area contributed by atoms with E-state index in [1.807, 2.05) is 6.92 Å². The van der Waals surface area contributed by atoms with Crippen LogP contribution in [-0.4, -0.2) is 31.8 Å². The molecule has 0 aromatic heterocycles. The highest BCUT2D eigenvalue weighted by Crippen LogP contribution is 2.16. The molecule has 0 aromatic rings. The first-order valence-electron chi connectivity index (χ1n) is 2.79. The van der Waals surface area contributed by atoms with Crippen LogP contribution in [0.15, 0.2) is 0 Å². The van der Waals surface area contributed by atoms with E-state index >= 15 is 0 Å². The second-order valence-corrected chi connectivity index (χ2v) is 4.19. The first-order chi connectivity index (χ1) is 4.12. The van der Waals surface area contributed by atoms with E-state index in [1.165, 1.54) is 0 Å². The van der Waals surface area contributed by atoms with Gasteiger partial charge in [-0.3, -0.25) is 0 Å². The quantitative estimate of drug-likeness (QED) is 0.634. The van der Waals surface area contributed by atoms with E-state index in [0.717, 1.165) is 0 Å². The van der Waals surface area contributed by atoms with Crippen LogP contribution in [0.5, 0.6) is 0 Å². The van der Waals surface area contributed by atoms with Gasteiger partial charge in [-0.15, -0.1) is 0 Å². The fourth-order valence-electron chi connectivity index (χ4n) is 0.644. The van der Waals surface area contributed by atoms with Crippen molar-refractivity contribution in [2.75, 3.05) is 27.4 Å². The SMILES string of the molecule is COCC(C)(Br)COC. The third-order valence-corrected chi connectivity index (χ3v) is 1.35. The zero-order valence-electron chi connectivity index (χ0n) is 6.11. The van der Waals surface area contributed by atoms with Gasteiger partial charge in [0.15, 0.2) is 0 Å². The zero-order chi connectivity index (χ0) is 7.33. The van der Waals surface area contributed by atoms with Crippen molar-refractivity contribution < 1.29 is 9.47 Å². The van der Waals surface area contributed by atoms with Crippen LogP contribution in [0.4, 0.5) is 0 Å². The van der Waals surface area contributed by atoms with Gasteiger partial charge in [-0.1, -0.05) is 15.9 Å². The van der Waals surface area contributed by atoms with Gasteiger partial charge < -0.3 is 9.47 Å². The first-order valence-corrected chi connectivity index (χ1v) is 3.58. The molecule has 0 aliphatic heterocycles. The minimum Gasteiger partial charge on any atom is -0.383 e. The maximum absolute atomic E-state index is 4.93. The van der Waals surface area contributed by atoms with Gasteiger partial charge >= 0.3 is 0 Å². The molecule has 3 heteroatoms. The standard InChI is InChI=1S/C6H13BrO2/c1-6(7,4-8-2)5-9-3/h4-5H2,1-3H3. The molecule has 0 N–H and O–H groups in total. The van der Waals surface area contributed by atoms with E-state index in [1.54, 1.807) is 14.2 Å². The zero-order valence-corrected chi connectivity index (χ0v) is 7.69. The summed E-state index contributed by atoms with van der Waals surface area (Å²) in [5, 5.41) is 0. The summed E-state index contributed by atoms with van der Waals surface area (Å²) in [5.41, 5.74) is 0. The summed E-state index contributed by atoms with van der Waals surface area (Å²) in [7, 11) is 3.35. The van der Waals surface area contributed by atoms with Gasteiger partial charge in [-0.25, -0.2) is 0 Å². The average Bonchev–Trinajstić information content (AvgIpc) is 1.64. The third-order valence-electron chi connectivity index (χ3n) is 0.891. The second-order valence-electron chi connectivity index (χ2n) is 2.28. The molecule has 0 saturated carbocycles. The molecule has 0 aliphatic carbocycles. The Morgan fingerprint density at radius 2 is 1.56 bits per heavy atom. The summed E-state index contributed by atoms with van der Waals surface area (Å²) in [6.07, 6.45) is 0. The van der Waals surface area contributed by atoms with E-state index in [-0.39, 0.29) is 4.32 Å². The predicted octanol–water partition coefficient (Wildman–Crippen LogP) is 1.43. The number of alkyl halides is 1. The molecule has 0 aliphatic rings. The van der Waals surface area contributed by atoms with Gasteiger partial charge in [0, 0.05) is 14.2 Å². The van der Waals surface area contributed by atoms with Crippen molar-refractivity contribution in [3.63, 3.8) is 0 Å². The topological polar surface area (TPSA) is 18.5 Å². The number of methoxy groups -OCH3 is 2. The molecule has 9 heavy (non-hydrogen) atoms. The minimum absolute atomic E-state index is 0.0312. The number of rotatable bonds is 4. The van der Waals surface area contributed by atoms with Crippen LogP contribution in [0.1, 0.15) is 6.92 Å². The second kappa shape index (κ2) is 4.25. The summed E-state index contributed by atoms with van der Waals surface area (Å²) in [5.74, 6) is 0. The highest BCUT2D eigenvalue weighted by Gasteiger charge is 2.18. The highest BCUT2D eigenvalue weighted by molar-refractivity contribution is 9.10. The Balaban J connectivity index is 3.43. The molecular formula is C6H13BrO2. The molecule has 0 amide bonds. The van der Waals surface area contributed by atoms with Gasteiger partial charge in [0.2, 0.25) is 0 Å². The lowest BCUT2D eigenvalue weighted by Crippen LogP contribution is -2.28. The van der Waals surface area contributed by atoms with Gasteiger partial charge in [-0.05, 0) is 6.92 Å². The molecule has 0 aromatic carbocycles. The van der Waals surface area contributed by atoms with Gasteiger partial charge in [0.1, 0.15) is 0 Å². The van der Waals surface area contributed by atoms with Crippen molar-refractivity contribution in [2.45, 2.75) is 11.2 Å². The van der Waals surface area contributed by atoms with Crippen LogP contribution in [0.3, 0.4) is 0 Å². The number of hydrogen-bond acceptors (Lipinski definition) is 2. The van der Waals surface area contributed by atoms with E-state index < -0.39 is 0 Å². The van der Waals surface area contributed by atoms with E-state index in [9.17, 15) is 0 Å². The predicted molar refractivity (Wildman–Crippen MR) is 41.1 cm³/mol. The van der Waals surface area contributed by atoms with Crippen LogP contribution < -0.4 is 0 Å². The van der Waals surface area contributed by atoms with Gasteiger partial charge in [-0.2, -0.15) is 0 Å². The Morgan fingerprint density at radius 3 is 1.78 bits per heavy atom. The molecular weight excluding hydrogens is 184 g/mol. The largest absolute Gasteiger partial charge is 0.383 e. The number of halogens is 1. The van der Waals surface area contributed by atoms with Crippen LogP contribution in [-0.2, 0) is 9.47 Å². The van der Waals surface area contributed by atoms with Crippen LogP contribution in [0, 0.1) is 0 Å². The molecule has 0 spiro atoms. The fraction of sp³-hybridized carbons (Fsp3) is 1.00. The number of ether oxygens (including phenoxy) is 2. The summed E-state index contributed by atoms with van der Waals surface area (Å²) < 4.78 is 9.83. The number of hydrogen-bond donors (Lipinski definition) is 0. The smallest absolute Gasteiger partial charge is 0.0695 e. The van der Waals surface area contributed by atoms with E-state index in [2.05, 4.69) is 15.9 Å². The molecule has 2 nitrogen and oxygen atoms in total. The van der Waals surface area contributed by atoms with Crippen molar-refractivity contribution in [2.24, 2.45) is 0 Å². The maximum Gasteiger partial charge on any atom is 0.0695 e. The van der Waals surface area contributed by atoms with E-state index in [0.29, 0.717) is 13.2 Å². The summed E-state index contributed by atoms with van der Waals surface area (Å²) in [4.78, 5) is 0. The molecule has 0 bridgehead atoms. The normalized spacial score (nSPS) is 12.0. The highest BCUT2D eigenvalue weighted by atomic mass is 79.9. The average molecular weight is 197 g/mol. The fourth-order valence-corrected chi connectivity index (χ4v) is 1.10. The molecule has 0 fully saturated rings. The van der Waals surface area contributed by atoms with Crippen LogP contribution in [0.25, 0.3) is 0 Å². The van der Waals surface area contributed by atoms with E-state index in [4.69, 9.17) is 9.47 Å². The summed E-state index contributed by atoms with van der Waals surface area (Å²) in [6.45, 7) is 3.36. The molecule has 0 atom stereocenters.